The zero-order valence-electron chi connectivity index (χ0n) is 7.17. The largest absolute Gasteiger partial charge is 0.205 e. The number of hydrogen-bond acceptors (Lipinski definition) is 0. The Morgan fingerprint density at radius 3 is 2.36 bits per heavy atom. The van der Waals surface area contributed by atoms with E-state index in [4.69, 9.17) is 0 Å². The van der Waals surface area contributed by atoms with E-state index in [1.807, 2.05) is 6.92 Å². The first kappa shape index (κ1) is 7.99. The monoisotopic (exact) mass is 148 g/mol. The fraction of sp³-hybridized carbons (Fsp3) is 0.300. The van der Waals surface area contributed by atoms with Gasteiger partial charge in [-0.25, -0.2) is 4.57 Å². The summed E-state index contributed by atoms with van der Waals surface area (Å²) in [6.45, 7) is 9.04. The van der Waals surface area contributed by atoms with Gasteiger partial charge in [0.05, 0.1) is 0 Å². The van der Waals surface area contributed by atoms with Crippen LogP contribution in [0.3, 0.4) is 0 Å². The molecule has 1 nitrogen and oxygen atoms in total. The molecule has 1 heteroatoms. The molecule has 0 aliphatic heterocycles. The van der Waals surface area contributed by atoms with E-state index in [9.17, 15) is 0 Å². The molecule has 0 N–H and O–H groups in total. The molecule has 0 bridgehead atoms. The van der Waals surface area contributed by atoms with Gasteiger partial charge < -0.3 is 0 Å². The highest BCUT2D eigenvalue weighted by Gasteiger charge is 1.96. The van der Waals surface area contributed by atoms with Crippen LogP contribution in [0.25, 0.3) is 5.57 Å². The van der Waals surface area contributed by atoms with Gasteiger partial charge in [0.15, 0.2) is 12.4 Å². The summed E-state index contributed by atoms with van der Waals surface area (Å²) in [5.41, 5.74) is 2.34. The van der Waals surface area contributed by atoms with E-state index in [-0.39, 0.29) is 0 Å². The Hall–Kier alpha value is -1.11. The van der Waals surface area contributed by atoms with Crippen molar-refractivity contribution in [1.29, 1.82) is 0 Å². The lowest BCUT2D eigenvalue weighted by atomic mass is 10.1. The average Bonchev–Trinajstić information content (AvgIpc) is 2.05. The van der Waals surface area contributed by atoms with Crippen molar-refractivity contribution in [2.75, 3.05) is 0 Å². The highest BCUT2D eigenvalue weighted by atomic mass is 14.9. The van der Waals surface area contributed by atoms with Gasteiger partial charge in [0.1, 0.15) is 6.54 Å². The van der Waals surface area contributed by atoms with E-state index in [1.54, 1.807) is 0 Å². The third kappa shape index (κ3) is 1.90. The highest BCUT2D eigenvalue weighted by Crippen LogP contribution is 2.07. The van der Waals surface area contributed by atoms with Crippen molar-refractivity contribution in [3.05, 3.63) is 36.7 Å². The molecule has 0 unspecified atom stereocenters. The van der Waals surface area contributed by atoms with Crippen LogP contribution in [0.4, 0.5) is 0 Å². The summed E-state index contributed by atoms with van der Waals surface area (Å²) in [6.07, 6.45) is 4.15. The second-order valence-electron chi connectivity index (χ2n) is 2.70. The van der Waals surface area contributed by atoms with Crippen LogP contribution in [-0.4, -0.2) is 0 Å². The molecule has 0 saturated carbocycles. The maximum Gasteiger partial charge on any atom is 0.169 e. The lowest BCUT2D eigenvalue weighted by molar-refractivity contribution is -0.693. The predicted octanol–water partition coefficient (Wildman–Crippen LogP) is 2.03. The Morgan fingerprint density at radius 2 is 2.00 bits per heavy atom. The van der Waals surface area contributed by atoms with Gasteiger partial charge in [0.25, 0.3) is 0 Å². The van der Waals surface area contributed by atoms with E-state index in [0.29, 0.717) is 0 Å². The lowest BCUT2D eigenvalue weighted by Gasteiger charge is -1.96. The summed E-state index contributed by atoms with van der Waals surface area (Å²) in [4.78, 5) is 0. The van der Waals surface area contributed by atoms with E-state index >= 15 is 0 Å². The van der Waals surface area contributed by atoms with Crippen molar-refractivity contribution in [2.45, 2.75) is 20.4 Å². The van der Waals surface area contributed by atoms with Gasteiger partial charge in [-0.05, 0) is 19.4 Å². The quantitative estimate of drug-likeness (QED) is 0.565. The molecule has 0 fully saturated rings. The minimum atomic E-state index is 1.02. The molecule has 11 heavy (non-hydrogen) atoms. The Morgan fingerprint density at radius 1 is 1.45 bits per heavy atom. The van der Waals surface area contributed by atoms with Crippen molar-refractivity contribution in [3.63, 3.8) is 0 Å². The normalized spacial score (nSPS) is 9.64. The minimum absolute atomic E-state index is 1.02. The Kier molecular flexibility index (Phi) is 2.42. The van der Waals surface area contributed by atoms with E-state index in [1.165, 1.54) is 5.56 Å². The number of rotatable bonds is 2. The molecule has 0 atom stereocenters. The molecule has 1 heterocycles. The summed E-state index contributed by atoms with van der Waals surface area (Å²) in [6, 6.07) is 4.18. The van der Waals surface area contributed by atoms with Crippen LogP contribution in [0.2, 0.25) is 0 Å². The SMILES string of the molecule is C=C(C)c1cc[n+](CC)cc1. The number of pyridine rings is 1. The molecule has 0 amide bonds. The molecule has 0 aromatic carbocycles. The van der Waals surface area contributed by atoms with Crippen molar-refractivity contribution < 1.29 is 4.57 Å². The zero-order valence-corrected chi connectivity index (χ0v) is 7.17. The number of aryl methyl sites for hydroxylation is 1. The number of aromatic nitrogens is 1. The smallest absolute Gasteiger partial charge is 0.169 e. The first-order valence-corrected chi connectivity index (χ1v) is 3.89. The van der Waals surface area contributed by atoms with Crippen LogP contribution in [0, 0.1) is 0 Å². The third-order valence-electron chi connectivity index (χ3n) is 1.75. The standard InChI is InChI=1S/C10H14N/c1-4-11-7-5-10(6-8-11)9(2)3/h5-8H,2,4H2,1,3H3/q+1. The maximum absolute atomic E-state index is 3.87. The minimum Gasteiger partial charge on any atom is -0.205 e. The van der Waals surface area contributed by atoms with Gasteiger partial charge in [-0.2, -0.15) is 0 Å². The third-order valence-corrected chi connectivity index (χ3v) is 1.75. The van der Waals surface area contributed by atoms with Crippen molar-refractivity contribution in [1.82, 2.24) is 0 Å². The zero-order chi connectivity index (χ0) is 8.27. The van der Waals surface area contributed by atoms with Gasteiger partial charge in [-0.3, -0.25) is 0 Å². The summed E-state index contributed by atoms with van der Waals surface area (Å²) in [5.74, 6) is 0. The first-order valence-electron chi connectivity index (χ1n) is 3.89. The van der Waals surface area contributed by atoms with Crippen molar-refractivity contribution in [3.8, 4) is 0 Å². The van der Waals surface area contributed by atoms with Crippen molar-refractivity contribution in [2.24, 2.45) is 0 Å². The number of allylic oxidation sites excluding steroid dienone is 1. The Balaban J connectivity index is 2.91. The number of nitrogens with zero attached hydrogens (tertiary/aromatic N) is 1. The fourth-order valence-corrected chi connectivity index (χ4v) is 0.953. The van der Waals surface area contributed by atoms with Gasteiger partial charge in [0.2, 0.25) is 0 Å². The van der Waals surface area contributed by atoms with Crippen LogP contribution in [0.5, 0.6) is 0 Å². The first-order chi connectivity index (χ1) is 5.24. The maximum atomic E-state index is 3.87. The van der Waals surface area contributed by atoms with Crippen LogP contribution < -0.4 is 4.57 Å². The Labute approximate surface area is 68.0 Å². The van der Waals surface area contributed by atoms with Crippen LogP contribution in [-0.2, 0) is 6.54 Å². The molecule has 0 spiro atoms. The molecule has 58 valence electrons. The summed E-state index contributed by atoms with van der Waals surface area (Å²) in [7, 11) is 0. The fourth-order valence-electron chi connectivity index (χ4n) is 0.953. The molecule has 0 aliphatic rings. The van der Waals surface area contributed by atoms with Crippen LogP contribution in [0.1, 0.15) is 19.4 Å². The summed E-state index contributed by atoms with van der Waals surface area (Å²) >= 11 is 0. The summed E-state index contributed by atoms with van der Waals surface area (Å²) < 4.78 is 2.13. The van der Waals surface area contributed by atoms with Crippen molar-refractivity contribution >= 4 is 5.57 Å². The second kappa shape index (κ2) is 3.33. The molecule has 1 rings (SSSR count). The average molecular weight is 148 g/mol. The predicted molar refractivity (Wildman–Crippen MR) is 47.0 cm³/mol. The van der Waals surface area contributed by atoms with E-state index in [0.717, 1.165) is 12.1 Å². The lowest BCUT2D eigenvalue weighted by Crippen LogP contribution is -2.30. The molecular weight excluding hydrogens is 134 g/mol. The molecule has 1 aromatic heterocycles. The van der Waals surface area contributed by atoms with Crippen LogP contribution in [0.15, 0.2) is 31.1 Å². The molecule has 0 radical (unpaired) electrons. The second-order valence-corrected chi connectivity index (χ2v) is 2.70. The van der Waals surface area contributed by atoms with Gasteiger partial charge in [-0.1, -0.05) is 12.2 Å². The number of hydrogen-bond donors (Lipinski definition) is 0. The van der Waals surface area contributed by atoms with E-state index in [2.05, 4.69) is 42.6 Å². The van der Waals surface area contributed by atoms with Gasteiger partial charge >= 0.3 is 0 Å². The summed E-state index contributed by atoms with van der Waals surface area (Å²) in [5, 5.41) is 0. The Bertz CT molecular complexity index is 246. The molecule has 0 aliphatic carbocycles. The van der Waals surface area contributed by atoms with Gasteiger partial charge in [0, 0.05) is 12.1 Å². The topological polar surface area (TPSA) is 3.88 Å². The molecule has 0 saturated heterocycles. The molecular formula is C10H14N+. The van der Waals surface area contributed by atoms with Crippen LogP contribution >= 0.6 is 0 Å². The highest BCUT2D eigenvalue weighted by molar-refractivity contribution is 5.59. The van der Waals surface area contributed by atoms with E-state index < -0.39 is 0 Å². The molecule has 1 aromatic rings. The van der Waals surface area contributed by atoms with Gasteiger partial charge in [-0.15, -0.1) is 0 Å².